The highest BCUT2D eigenvalue weighted by atomic mass is 32.1. The SMILES string of the molecule is Cc1csc(C2(O)CCC3(CC2)OCCO3)n1. The van der Waals surface area contributed by atoms with E-state index in [4.69, 9.17) is 9.47 Å². The lowest BCUT2D eigenvalue weighted by Gasteiger charge is -2.39. The molecule has 0 radical (unpaired) electrons. The molecule has 1 aliphatic carbocycles. The lowest BCUT2D eigenvalue weighted by molar-refractivity contribution is -0.204. The molecular weight excluding hydrogens is 238 g/mol. The molecule has 1 saturated carbocycles. The molecule has 0 bridgehead atoms. The smallest absolute Gasteiger partial charge is 0.168 e. The van der Waals surface area contributed by atoms with E-state index in [1.54, 1.807) is 11.3 Å². The molecule has 5 heteroatoms. The van der Waals surface area contributed by atoms with Gasteiger partial charge in [0.1, 0.15) is 10.6 Å². The van der Waals surface area contributed by atoms with Crippen LogP contribution in [0.3, 0.4) is 0 Å². The second kappa shape index (κ2) is 4.02. The molecule has 1 aromatic rings. The zero-order chi connectivity index (χ0) is 11.9. The van der Waals surface area contributed by atoms with Crippen LogP contribution in [-0.4, -0.2) is 29.1 Å². The van der Waals surface area contributed by atoms with Gasteiger partial charge in [-0.15, -0.1) is 11.3 Å². The number of nitrogens with zero attached hydrogens (tertiary/aromatic N) is 1. The largest absolute Gasteiger partial charge is 0.383 e. The summed E-state index contributed by atoms with van der Waals surface area (Å²) < 4.78 is 11.3. The van der Waals surface area contributed by atoms with Crippen LogP contribution in [0.2, 0.25) is 0 Å². The highest BCUT2D eigenvalue weighted by Crippen LogP contribution is 2.45. The van der Waals surface area contributed by atoms with Crippen molar-refractivity contribution in [3.8, 4) is 0 Å². The molecule has 1 saturated heterocycles. The quantitative estimate of drug-likeness (QED) is 0.833. The van der Waals surface area contributed by atoms with Crippen molar-refractivity contribution in [2.24, 2.45) is 0 Å². The van der Waals surface area contributed by atoms with E-state index in [9.17, 15) is 5.11 Å². The van der Waals surface area contributed by atoms with Crippen molar-refractivity contribution in [3.05, 3.63) is 16.1 Å². The number of hydrogen-bond acceptors (Lipinski definition) is 5. The molecule has 0 unspecified atom stereocenters. The molecule has 0 aromatic carbocycles. The standard InChI is InChI=1S/C12H17NO3S/c1-9-8-17-10(13-9)11(14)2-4-12(5-3-11)15-6-7-16-12/h8,14H,2-7H2,1H3. The number of aliphatic hydroxyl groups is 1. The summed E-state index contributed by atoms with van der Waals surface area (Å²) in [6, 6.07) is 0. The third-order valence-corrected chi connectivity index (χ3v) is 4.82. The van der Waals surface area contributed by atoms with E-state index in [1.165, 1.54) is 0 Å². The fraction of sp³-hybridized carbons (Fsp3) is 0.750. The third-order valence-electron chi connectivity index (χ3n) is 3.67. The molecular formula is C12H17NO3S. The van der Waals surface area contributed by atoms with Crippen LogP contribution in [0.1, 0.15) is 36.4 Å². The minimum absolute atomic E-state index is 0.418. The molecule has 0 amide bonds. The van der Waals surface area contributed by atoms with E-state index in [-0.39, 0.29) is 0 Å². The molecule has 2 fully saturated rings. The van der Waals surface area contributed by atoms with Gasteiger partial charge in [0.25, 0.3) is 0 Å². The molecule has 2 heterocycles. The molecule has 1 aliphatic heterocycles. The van der Waals surface area contributed by atoms with E-state index in [0.29, 0.717) is 26.1 Å². The van der Waals surface area contributed by atoms with Crippen molar-refractivity contribution in [1.29, 1.82) is 0 Å². The second-order valence-corrected chi connectivity index (χ2v) is 5.79. The maximum atomic E-state index is 10.6. The number of ether oxygens (including phenoxy) is 2. The fourth-order valence-corrected chi connectivity index (χ4v) is 3.57. The van der Waals surface area contributed by atoms with Gasteiger partial charge in [0.2, 0.25) is 0 Å². The Labute approximate surface area is 105 Å². The lowest BCUT2D eigenvalue weighted by Crippen LogP contribution is -2.42. The molecule has 0 atom stereocenters. The van der Waals surface area contributed by atoms with Crippen LogP contribution in [0.5, 0.6) is 0 Å². The van der Waals surface area contributed by atoms with E-state index < -0.39 is 11.4 Å². The van der Waals surface area contributed by atoms with Crippen LogP contribution in [0.15, 0.2) is 5.38 Å². The summed E-state index contributed by atoms with van der Waals surface area (Å²) in [6.07, 6.45) is 2.84. The molecule has 1 N–H and O–H groups in total. The third kappa shape index (κ3) is 2.01. The Bertz CT molecular complexity index is 402. The highest BCUT2D eigenvalue weighted by molar-refractivity contribution is 7.09. The van der Waals surface area contributed by atoms with E-state index in [0.717, 1.165) is 23.5 Å². The van der Waals surface area contributed by atoms with Gasteiger partial charge in [-0.25, -0.2) is 4.98 Å². The number of aryl methyl sites for hydroxylation is 1. The predicted molar refractivity (Wildman–Crippen MR) is 63.9 cm³/mol. The number of rotatable bonds is 1. The van der Waals surface area contributed by atoms with Crippen molar-refractivity contribution in [2.45, 2.75) is 44.0 Å². The van der Waals surface area contributed by atoms with Crippen molar-refractivity contribution in [3.63, 3.8) is 0 Å². The number of hydrogen-bond donors (Lipinski definition) is 1. The Hall–Kier alpha value is -0.490. The Kier molecular flexibility index (Phi) is 2.74. The summed E-state index contributed by atoms with van der Waals surface area (Å²) in [5.41, 5.74) is 0.200. The lowest BCUT2D eigenvalue weighted by atomic mass is 9.82. The first-order valence-electron chi connectivity index (χ1n) is 6.05. The molecule has 17 heavy (non-hydrogen) atoms. The molecule has 1 aromatic heterocycles. The zero-order valence-corrected chi connectivity index (χ0v) is 10.8. The summed E-state index contributed by atoms with van der Waals surface area (Å²) >= 11 is 1.54. The fourth-order valence-electron chi connectivity index (χ4n) is 2.61. The monoisotopic (exact) mass is 255 g/mol. The Morgan fingerprint density at radius 2 is 1.88 bits per heavy atom. The van der Waals surface area contributed by atoms with Gasteiger partial charge in [-0.05, 0) is 19.8 Å². The van der Waals surface area contributed by atoms with Crippen molar-refractivity contribution in [1.82, 2.24) is 4.98 Å². The minimum atomic E-state index is -0.778. The summed E-state index contributed by atoms with van der Waals surface area (Å²) in [6.45, 7) is 3.31. The maximum absolute atomic E-state index is 10.6. The molecule has 1 spiro atoms. The van der Waals surface area contributed by atoms with Crippen LogP contribution in [0.4, 0.5) is 0 Å². The summed E-state index contributed by atoms with van der Waals surface area (Å²) in [4.78, 5) is 4.41. The van der Waals surface area contributed by atoms with Crippen LogP contribution in [-0.2, 0) is 15.1 Å². The normalized spacial score (nSPS) is 26.5. The van der Waals surface area contributed by atoms with E-state index in [2.05, 4.69) is 4.98 Å². The van der Waals surface area contributed by atoms with Crippen LogP contribution in [0.25, 0.3) is 0 Å². The van der Waals surface area contributed by atoms with Crippen molar-refractivity contribution >= 4 is 11.3 Å². The number of aromatic nitrogens is 1. The van der Waals surface area contributed by atoms with Crippen molar-refractivity contribution in [2.75, 3.05) is 13.2 Å². The average Bonchev–Trinajstić information content (AvgIpc) is 2.94. The molecule has 2 aliphatic rings. The van der Waals surface area contributed by atoms with Gasteiger partial charge in [-0.1, -0.05) is 0 Å². The van der Waals surface area contributed by atoms with Crippen LogP contribution >= 0.6 is 11.3 Å². The van der Waals surface area contributed by atoms with Crippen LogP contribution in [0, 0.1) is 6.92 Å². The summed E-state index contributed by atoms with van der Waals surface area (Å²) in [5, 5.41) is 13.5. The first kappa shape index (κ1) is 11.6. The minimum Gasteiger partial charge on any atom is -0.383 e. The van der Waals surface area contributed by atoms with Gasteiger partial charge >= 0.3 is 0 Å². The van der Waals surface area contributed by atoms with Gasteiger partial charge in [0, 0.05) is 23.9 Å². The first-order chi connectivity index (χ1) is 8.12. The van der Waals surface area contributed by atoms with Gasteiger partial charge in [-0.3, -0.25) is 0 Å². The highest BCUT2D eigenvalue weighted by Gasteiger charge is 2.47. The summed E-state index contributed by atoms with van der Waals surface area (Å²) in [5.74, 6) is -0.418. The van der Waals surface area contributed by atoms with Gasteiger partial charge in [-0.2, -0.15) is 0 Å². The van der Waals surface area contributed by atoms with E-state index >= 15 is 0 Å². The van der Waals surface area contributed by atoms with E-state index in [1.807, 2.05) is 12.3 Å². The Morgan fingerprint density at radius 3 is 2.41 bits per heavy atom. The molecule has 4 nitrogen and oxygen atoms in total. The zero-order valence-electron chi connectivity index (χ0n) is 9.94. The molecule has 94 valence electrons. The topological polar surface area (TPSA) is 51.6 Å². The maximum Gasteiger partial charge on any atom is 0.168 e. The number of thiazole rings is 1. The summed E-state index contributed by atoms with van der Waals surface area (Å²) in [7, 11) is 0. The Balaban J connectivity index is 1.75. The molecule has 3 rings (SSSR count). The van der Waals surface area contributed by atoms with Crippen LogP contribution < -0.4 is 0 Å². The van der Waals surface area contributed by atoms with Gasteiger partial charge in [0.15, 0.2) is 5.79 Å². The second-order valence-electron chi connectivity index (χ2n) is 4.93. The van der Waals surface area contributed by atoms with Crippen molar-refractivity contribution < 1.29 is 14.6 Å². The van der Waals surface area contributed by atoms with Gasteiger partial charge < -0.3 is 14.6 Å². The van der Waals surface area contributed by atoms with Gasteiger partial charge in [0.05, 0.1) is 13.2 Å². The Morgan fingerprint density at radius 1 is 1.24 bits per heavy atom. The average molecular weight is 255 g/mol. The predicted octanol–water partition coefficient (Wildman–Crippen LogP) is 1.96. The first-order valence-corrected chi connectivity index (χ1v) is 6.93.